The number of nitrogens with one attached hydrogen (secondary N) is 2. The predicted octanol–water partition coefficient (Wildman–Crippen LogP) is 7.24. The van der Waals surface area contributed by atoms with Gasteiger partial charge in [-0.1, -0.05) is 75.6 Å². The fourth-order valence-electron chi connectivity index (χ4n) is 5.37. The van der Waals surface area contributed by atoms with E-state index in [2.05, 4.69) is 41.5 Å². The normalized spacial score (nSPS) is 16.9. The Balaban J connectivity index is 1.51. The molecule has 1 aliphatic heterocycles. The van der Waals surface area contributed by atoms with E-state index in [1.54, 1.807) is 30.3 Å². The highest BCUT2D eigenvalue weighted by Crippen LogP contribution is 2.45. The van der Waals surface area contributed by atoms with E-state index in [-0.39, 0.29) is 37.8 Å². The highest BCUT2D eigenvalue weighted by Gasteiger charge is 2.54. The first-order valence-electron chi connectivity index (χ1n) is 15.4. The van der Waals surface area contributed by atoms with Crippen molar-refractivity contribution in [3.05, 3.63) is 140 Å². The number of aliphatic imine (C=N–C) groups is 1. The monoisotopic (exact) mass is 752 g/mol. The molecule has 1 aliphatic rings. The van der Waals surface area contributed by atoms with Crippen molar-refractivity contribution in [1.29, 1.82) is 0 Å². The molecule has 0 saturated carbocycles. The second kappa shape index (κ2) is 16.5. The van der Waals surface area contributed by atoms with Crippen LogP contribution < -0.4 is 20.3 Å². The van der Waals surface area contributed by atoms with Gasteiger partial charge in [-0.05, 0) is 64.7 Å². The van der Waals surface area contributed by atoms with Gasteiger partial charge in [0.25, 0.3) is 5.91 Å². The van der Waals surface area contributed by atoms with Crippen molar-refractivity contribution in [2.75, 3.05) is 13.2 Å². The Labute approximate surface area is 293 Å². The van der Waals surface area contributed by atoms with Crippen LogP contribution in [0.1, 0.15) is 40.3 Å². The van der Waals surface area contributed by atoms with E-state index in [4.69, 9.17) is 25.1 Å². The van der Waals surface area contributed by atoms with Crippen LogP contribution in [0.2, 0.25) is 0 Å². The van der Waals surface area contributed by atoms with Gasteiger partial charge in [-0.2, -0.15) is 0 Å². The van der Waals surface area contributed by atoms with Gasteiger partial charge in [-0.3, -0.25) is 10.2 Å². The van der Waals surface area contributed by atoms with E-state index in [9.17, 15) is 18.0 Å². The van der Waals surface area contributed by atoms with Crippen molar-refractivity contribution in [1.82, 2.24) is 10.9 Å². The Morgan fingerprint density at radius 3 is 2.36 bits per heavy atom. The third kappa shape index (κ3) is 9.12. The zero-order chi connectivity index (χ0) is 35.6. The summed E-state index contributed by atoms with van der Waals surface area (Å²) in [6.45, 7) is 0.462. The number of ether oxygens (including phenoxy) is 3. The van der Waals surface area contributed by atoms with Crippen molar-refractivity contribution < 1.29 is 37.3 Å². The first kappa shape index (κ1) is 36.2. The summed E-state index contributed by atoms with van der Waals surface area (Å²) in [4.78, 5) is 22.4. The number of carbonyl (C=O) groups is 1. The zero-order valence-corrected chi connectivity index (χ0v) is 28.0. The minimum Gasteiger partial charge on any atom is -0.494 e. The number of hydrogen-bond acceptors (Lipinski definition) is 8. The van der Waals surface area contributed by atoms with E-state index in [1.165, 1.54) is 24.3 Å². The van der Waals surface area contributed by atoms with E-state index in [0.717, 1.165) is 0 Å². The molecule has 15 heteroatoms. The number of halogens is 4. The minimum absolute atomic E-state index is 0.00730. The van der Waals surface area contributed by atoms with Crippen LogP contribution in [0.3, 0.4) is 0 Å². The zero-order valence-electron chi connectivity index (χ0n) is 26.4. The van der Waals surface area contributed by atoms with Crippen LogP contribution in [0.15, 0.2) is 112 Å². The Hall–Kier alpha value is -5.08. The second-order valence-corrected chi connectivity index (χ2v) is 12.0. The van der Waals surface area contributed by atoms with Gasteiger partial charge in [-0.25, -0.2) is 10.4 Å². The number of aliphatic hydroxyl groups is 1. The third-order valence-corrected chi connectivity index (χ3v) is 8.47. The maximum absolute atomic E-state index is 14.5. The fraction of sp³-hybridized carbons (Fsp3) is 0.257. The van der Waals surface area contributed by atoms with E-state index >= 15 is 0 Å². The third-order valence-electron chi connectivity index (χ3n) is 7.75. The molecule has 0 saturated heterocycles. The lowest BCUT2D eigenvalue weighted by Crippen LogP contribution is -2.53. The maximum atomic E-state index is 14.5. The number of amides is 1. The summed E-state index contributed by atoms with van der Waals surface area (Å²) in [5.41, 5.74) is 16.3. The van der Waals surface area contributed by atoms with Crippen molar-refractivity contribution in [2.45, 2.75) is 43.9 Å². The molecule has 0 aliphatic carbocycles. The maximum Gasteiger partial charge on any atom is 0.573 e. The average molecular weight is 754 g/mol. The SMILES string of the molecule is [N-]=[N+]=NCc1ccccc1C[C@]1(C(=O)NNCc2ccc(OC(F)(F)F)cc2)N=C(c2ccc(OCCCO)cc2)O[C@H]1c1ccccc1Br. The van der Waals surface area contributed by atoms with Crippen LogP contribution in [-0.2, 0) is 29.0 Å². The van der Waals surface area contributed by atoms with Gasteiger partial charge in [0.2, 0.25) is 5.90 Å². The number of nitrogens with zero attached hydrogens (tertiary/aromatic N) is 4. The fourth-order valence-corrected chi connectivity index (χ4v) is 5.87. The predicted molar refractivity (Wildman–Crippen MR) is 182 cm³/mol. The number of alkyl halides is 3. The number of hydrogen-bond donors (Lipinski definition) is 3. The molecule has 0 spiro atoms. The molecule has 0 unspecified atom stereocenters. The molecule has 0 bridgehead atoms. The van der Waals surface area contributed by atoms with Gasteiger partial charge in [0.05, 0.1) is 13.2 Å². The second-order valence-electron chi connectivity index (χ2n) is 11.1. The van der Waals surface area contributed by atoms with Gasteiger partial charge < -0.3 is 19.3 Å². The molecule has 11 nitrogen and oxygen atoms in total. The largest absolute Gasteiger partial charge is 0.573 e. The summed E-state index contributed by atoms with van der Waals surface area (Å²) in [6.07, 6.45) is -5.24. The molecular formula is C35H32BrF3N6O5. The summed E-state index contributed by atoms with van der Waals surface area (Å²) in [7, 11) is 0. The Kier molecular flexibility index (Phi) is 12.0. The molecule has 1 heterocycles. The Bertz CT molecular complexity index is 1850. The Morgan fingerprint density at radius 2 is 1.68 bits per heavy atom. The van der Waals surface area contributed by atoms with Crippen LogP contribution in [0.4, 0.5) is 13.2 Å². The van der Waals surface area contributed by atoms with Gasteiger partial charge >= 0.3 is 6.36 Å². The average Bonchev–Trinajstić information content (AvgIpc) is 3.48. The lowest BCUT2D eigenvalue weighted by atomic mass is 9.81. The number of aliphatic hydroxyl groups excluding tert-OH is 1. The number of carbonyl (C=O) groups excluding carboxylic acids is 1. The quantitative estimate of drug-likeness (QED) is 0.0383. The Morgan fingerprint density at radius 1 is 1.00 bits per heavy atom. The van der Waals surface area contributed by atoms with Gasteiger partial charge in [0.1, 0.15) is 11.5 Å². The number of rotatable bonds is 15. The highest BCUT2D eigenvalue weighted by molar-refractivity contribution is 9.10. The molecular weight excluding hydrogens is 721 g/mol. The highest BCUT2D eigenvalue weighted by atomic mass is 79.9. The van der Waals surface area contributed by atoms with Gasteiger partial charge in [0.15, 0.2) is 11.6 Å². The van der Waals surface area contributed by atoms with Crippen LogP contribution in [0, 0.1) is 0 Å². The van der Waals surface area contributed by atoms with Crippen molar-refractivity contribution >= 4 is 27.7 Å². The van der Waals surface area contributed by atoms with Gasteiger partial charge in [-0.15, -0.1) is 13.2 Å². The minimum atomic E-state index is -4.81. The molecule has 0 fully saturated rings. The number of benzene rings is 4. The molecule has 50 heavy (non-hydrogen) atoms. The molecule has 1 amide bonds. The van der Waals surface area contributed by atoms with E-state index in [0.29, 0.717) is 51.1 Å². The molecule has 4 aromatic rings. The van der Waals surface area contributed by atoms with Crippen molar-refractivity contribution in [3.63, 3.8) is 0 Å². The standard InChI is InChI=1S/C35H32BrF3N6O5/c36-30-9-4-3-8-29(30)31-34(20-25-6-1-2-7-26(25)22-42-45-40,43-32(49-31)24-12-16-27(17-13-24)48-19-5-18-46)33(47)44-41-21-23-10-14-28(15-11-23)50-35(37,38)39/h1-4,6-17,31,41,46H,5,18-22H2,(H,44,47)/t31-,34-/m0/s1. The summed E-state index contributed by atoms with van der Waals surface area (Å²) in [6, 6.07) is 26.8. The molecule has 4 aromatic carbocycles. The van der Waals surface area contributed by atoms with Gasteiger partial charge in [0, 0.05) is 46.5 Å². The van der Waals surface area contributed by atoms with Crippen molar-refractivity contribution in [3.8, 4) is 11.5 Å². The topological polar surface area (TPSA) is 150 Å². The van der Waals surface area contributed by atoms with Crippen LogP contribution in [0.25, 0.3) is 10.4 Å². The molecule has 0 radical (unpaired) electrons. The summed E-state index contributed by atoms with van der Waals surface area (Å²) in [5.74, 6) is -0.126. The summed E-state index contributed by atoms with van der Waals surface area (Å²) in [5, 5.41) is 12.8. The van der Waals surface area contributed by atoms with Crippen LogP contribution in [0.5, 0.6) is 11.5 Å². The first-order chi connectivity index (χ1) is 24.1. The molecule has 3 N–H and O–H groups in total. The smallest absolute Gasteiger partial charge is 0.494 e. The lowest BCUT2D eigenvalue weighted by Gasteiger charge is -2.32. The molecule has 5 rings (SSSR count). The summed E-state index contributed by atoms with van der Waals surface area (Å²) < 4.78 is 54.7. The molecule has 0 aromatic heterocycles. The van der Waals surface area contributed by atoms with Crippen LogP contribution in [-0.4, -0.2) is 42.0 Å². The van der Waals surface area contributed by atoms with E-state index < -0.39 is 23.9 Å². The van der Waals surface area contributed by atoms with Crippen LogP contribution >= 0.6 is 15.9 Å². The summed E-state index contributed by atoms with van der Waals surface area (Å²) >= 11 is 3.62. The number of azide groups is 1. The van der Waals surface area contributed by atoms with E-state index in [1.807, 2.05) is 42.5 Å². The first-order valence-corrected chi connectivity index (χ1v) is 16.2. The lowest BCUT2D eigenvalue weighted by molar-refractivity contribution is -0.274. The number of hydrazine groups is 1. The van der Waals surface area contributed by atoms with Crippen molar-refractivity contribution in [2.24, 2.45) is 10.1 Å². The molecule has 2 atom stereocenters. The molecule has 260 valence electrons.